The largest absolute Gasteiger partial charge is 0.354 e. The molecule has 2 amide bonds. The van der Waals surface area contributed by atoms with Crippen LogP contribution in [0.25, 0.3) is 0 Å². The van der Waals surface area contributed by atoms with Crippen molar-refractivity contribution in [1.29, 1.82) is 0 Å². The number of hydrogen-bond donors (Lipinski definition) is 1. The molecule has 0 heterocycles. The van der Waals surface area contributed by atoms with Crippen LogP contribution in [-0.2, 0) is 26.2 Å². The topological polar surface area (TPSA) is 86.8 Å². The van der Waals surface area contributed by atoms with Crippen molar-refractivity contribution in [2.45, 2.75) is 44.7 Å². The minimum absolute atomic E-state index is 0.0335. The highest BCUT2D eigenvalue weighted by molar-refractivity contribution is 7.92. The molecule has 3 aromatic rings. The molecular formula is C28H31Cl2N3O4S. The number of amides is 2. The minimum atomic E-state index is -4.19. The maximum Gasteiger partial charge on any atom is 0.264 e. The molecule has 0 aliphatic carbocycles. The molecule has 1 N–H and O–H groups in total. The number of rotatable bonds is 11. The van der Waals surface area contributed by atoms with Gasteiger partial charge >= 0.3 is 0 Å². The zero-order chi connectivity index (χ0) is 27.9. The van der Waals surface area contributed by atoms with E-state index in [1.54, 1.807) is 25.1 Å². The summed E-state index contributed by atoms with van der Waals surface area (Å²) in [5.41, 5.74) is 2.03. The van der Waals surface area contributed by atoms with Crippen LogP contribution in [0.2, 0.25) is 10.0 Å². The first-order chi connectivity index (χ1) is 18.0. The molecule has 0 aromatic heterocycles. The van der Waals surface area contributed by atoms with Gasteiger partial charge in [0.1, 0.15) is 12.6 Å². The third-order valence-corrected chi connectivity index (χ3v) is 8.37. The van der Waals surface area contributed by atoms with Gasteiger partial charge in [0.2, 0.25) is 11.8 Å². The Hall–Kier alpha value is -3.07. The monoisotopic (exact) mass is 575 g/mol. The summed E-state index contributed by atoms with van der Waals surface area (Å²) in [6, 6.07) is 18.7. The zero-order valence-corrected chi connectivity index (χ0v) is 23.9. The molecule has 0 unspecified atom stereocenters. The highest BCUT2D eigenvalue weighted by atomic mass is 35.5. The van der Waals surface area contributed by atoms with E-state index in [0.29, 0.717) is 16.6 Å². The van der Waals surface area contributed by atoms with Gasteiger partial charge in [-0.15, -0.1) is 0 Å². The first-order valence-electron chi connectivity index (χ1n) is 12.2. The Morgan fingerprint density at radius 1 is 0.947 bits per heavy atom. The molecule has 3 rings (SSSR count). The Bertz CT molecular complexity index is 1380. The van der Waals surface area contributed by atoms with Gasteiger partial charge in [0.15, 0.2) is 0 Å². The molecule has 0 saturated carbocycles. The molecule has 0 fully saturated rings. The van der Waals surface area contributed by atoms with Gasteiger partial charge in [0, 0.05) is 23.1 Å². The fourth-order valence-corrected chi connectivity index (χ4v) is 5.56. The normalized spacial score (nSPS) is 12.0. The second-order valence-electron chi connectivity index (χ2n) is 8.86. The van der Waals surface area contributed by atoms with Gasteiger partial charge in [-0.2, -0.15) is 0 Å². The van der Waals surface area contributed by atoms with Crippen LogP contribution in [0.5, 0.6) is 0 Å². The number of halogens is 2. The first-order valence-corrected chi connectivity index (χ1v) is 14.4. The van der Waals surface area contributed by atoms with E-state index < -0.39 is 28.5 Å². The van der Waals surface area contributed by atoms with Gasteiger partial charge in [-0.1, -0.05) is 60.5 Å². The number of carbonyl (C=O) groups excluding carboxylic acids is 2. The molecule has 0 radical (unpaired) electrons. The van der Waals surface area contributed by atoms with Crippen molar-refractivity contribution in [2.75, 3.05) is 17.4 Å². The Morgan fingerprint density at radius 2 is 1.63 bits per heavy atom. The van der Waals surface area contributed by atoms with Crippen molar-refractivity contribution in [3.05, 3.63) is 94.0 Å². The van der Waals surface area contributed by atoms with Crippen molar-refractivity contribution in [3.8, 4) is 0 Å². The summed E-state index contributed by atoms with van der Waals surface area (Å²) in [5, 5.41) is 3.52. The van der Waals surface area contributed by atoms with E-state index in [4.69, 9.17) is 23.2 Å². The molecule has 0 bridgehead atoms. The minimum Gasteiger partial charge on any atom is -0.354 e. The van der Waals surface area contributed by atoms with Gasteiger partial charge in [0.25, 0.3) is 10.0 Å². The predicted molar refractivity (Wildman–Crippen MR) is 152 cm³/mol. The van der Waals surface area contributed by atoms with Gasteiger partial charge < -0.3 is 10.2 Å². The second kappa shape index (κ2) is 13.1. The Morgan fingerprint density at radius 3 is 2.26 bits per heavy atom. The third-order valence-electron chi connectivity index (χ3n) is 6.10. The molecule has 0 saturated heterocycles. The van der Waals surface area contributed by atoms with E-state index in [9.17, 15) is 18.0 Å². The molecule has 0 aliphatic rings. The number of sulfonamides is 1. The number of benzene rings is 3. The van der Waals surface area contributed by atoms with Crippen LogP contribution in [0.4, 0.5) is 5.69 Å². The Kier molecular flexibility index (Phi) is 10.2. The first kappa shape index (κ1) is 29.5. The van der Waals surface area contributed by atoms with Crippen LogP contribution in [-0.4, -0.2) is 44.3 Å². The summed E-state index contributed by atoms with van der Waals surface area (Å²) in [6.45, 7) is 5.56. The molecular weight excluding hydrogens is 545 g/mol. The number of nitrogens with one attached hydrogen (secondary N) is 1. The molecule has 0 spiro atoms. The molecule has 38 heavy (non-hydrogen) atoms. The lowest BCUT2D eigenvalue weighted by Gasteiger charge is -2.32. The predicted octanol–water partition coefficient (Wildman–Crippen LogP) is 5.44. The number of carbonyl (C=O) groups is 2. The average molecular weight is 577 g/mol. The van der Waals surface area contributed by atoms with Crippen molar-refractivity contribution in [2.24, 2.45) is 0 Å². The van der Waals surface area contributed by atoms with E-state index >= 15 is 0 Å². The van der Waals surface area contributed by atoms with Crippen LogP contribution >= 0.6 is 23.2 Å². The molecule has 3 aromatic carbocycles. The standard InChI is InChI=1S/C28H31Cl2N3O4S/c1-4-16-31-28(35)21(3)32(18-22-9-6-5-8-20(22)2)27(34)19-33(25-11-7-10-24(30)17-25)38(36,37)26-14-12-23(29)13-15-26/h5-15,17,21H,4,16,18-19H2,1-3H3,(H,31,35)/t21-/m1/s1. The summed E-state index contributed by atoms with van der Waals surface area (Å²) in [5.74, 6) is -0.853. The zero-order valence-electron chi connectivity index (χ0n) is 21.5. The Labute approximate surface area is 234 Å². The Balaban J connectivity index is 2.03. The van der Waals surface area contributed by atoms with Gasteiger partial charge in [-0.25, -0.2) is 8.42 Å². The molecule has 7 nitrogen and oxygen atoms in total. The van der Waals surface area contributed by atoms with Crippen LogP contribution in [0.3, 0.4) is 0 Å². The van der Waals surface area contributed by atoms with Crippen molar-refractivity contribution in [3.63, 3.8) is 0 Å². The number of nitrogens with zero attached hydrogens (tertiary/aromatic N) is 2. The van der Waals surface area contributed by atoms with E-state index in [1.807, 2.05) is 38.1 Å². The van der Waals surface area contributed by atoms with E-state index in [2.05, 4.69) is 5.32 Å². The van der Waals surface area contributed by atoms with Crippen molar-refractivity contribution < 1.29 is 18.0 Å². The molecule has 1 atom stereocenters. The van der Waals surface area contributed by atoms with E-state index in [0.717, 1.165) is 21.9 Å². The van der Waals surface area contributed by atoms with Crippen molar-refractivity contribution in [1.82, 2.24) is 10.2 Å². The SMILES string of the molecule is CCCNC(=O)[C@@H](C)N(Cc1ccccc1C)C(=O)CN(c1cccc(Cl)c1)S(=O)(=O)c1ccc(Cl)cc1. The lowest BCUT2D eigenvalue weighted by Crippen LogP contribution is -2.51. The molecule has 0 aliphatic heterocycles. The smallest absolute Gasteiger partial charge is 0.264 e. The average Bonchev–Trinajstić information content (AvgIpc) is 2.89. The summed E-state index contributed by atoms with van der Waals surface area (Å²) < 4.78 is 28.5. The summed E-state index contributed by atoms with van der Waals surface area (Å²) in [4.78, 5) is 28.1. The van der Waals surface area contributed by atoms with Gasteiger partial charge in [-0.05, 0) is 73.9 Å². The van der Waals surface area contributed by atoms with Gasteiger partial charge in [0.05, 0.1) is 10.6 Å². The lowest BCUT2D eigenvalue weighted by atomic mass is 10.1. The summed E-state index contributed by atoms with van der Waals surface area (Å²) in [7, 11) is -4.19. The molecule has 10 heteroatoms. The van der Waals surface area contributed by atoms with Crippen molar-refractivity contribution >= 4 is 50.7 Å². The highest BCUT2D eigenvalue weighted by Crippen LogP contribution is 2.27. The fourth-order valence-electron chi connectivity index (χ4n) is 3.84. The van der Waals surface area contributed by atoms with E-state index in [-0.39, 0.29) is 23.0 Å². The maximum atomic E-state index is 13.9. The quantitative estimate of drug-likeness (QED) is 0.330. The summed E-state index contributed by atoms with van der Waals surface area (Å²) in [6.07, 6.45) is 0.742. The number of anilines is 1. The van der Waals surface area contributed by atoms with Gasteiger partial charge in [-0.3, -0.25) is 13.9 Å². The number of aryl methyl sites for hydroxylation is 1. The van der Waals surface area contributed by atoms with Crippen LogP contribution in [0, 0.1) is 6.92 Å². The summed E-state index contributed by atoms with van der Waals surface area (Å²) >= 11 is 12.2. The highest BCUT2D eigenvalue weighted by Gasteiger charge is 2.32. The maximum absolute atomic E-state index is 13.9. The fraction of sp³-hybridized carbons (Fsp3) is 0.286. The third kappa shape index (κ3) is 7.28. The molecule has 202 valence electrons. The van der Waals surface area contributed by atoms with Crippen LogP contribution in [0.1, 0.15) is 31.4 Å². The van der Waals surface area contributed by atoms with Crippen LogP contribution < -0.4 is 9.62 Å². The van der Waals surface area contributed by atoms with Crippen LogP contribution in [0.15, 0.2) is 77.7 Å². The lowest BCUT2D eigenvalue weighted by molar-refractivity contribution is -0.139. The second-order valence-corrected chi connectivity index (χ2v) is 11.6. The van der Waals surface area contributed by atoms with E-state index in [1.165, 1.54) is 35.2 Å². The number of hydrogen-bond acceptors (Lipinski definition) is 4.